The van der Waals surface area contributed by atoms with Gasteiger partial charge in [0.15, 0.2) is 0 Å². The molecule has 15 heavy (non-hydrogen) atoms. The number of aryl methyl sites for hydroxylation is 1. The van der Waals surface area contributed by atoms with Crippen LogP contribution in [-0.4, -0.2) is 30.9 Å². The second kappa shape index (κ2) is 4.47. The Morgan fingerprint density at radius 3 is 2.60 bits per heavy atom. The summed E-state index contributed by atoms with van der Waals surface area (Å²) in [5.74, 6) is 1.15. The zero-order valence-corrected chi connectivity index (χ0v) is 9.53. The minimum atomic E-state index is 0.966. The average molecular weight is 202 g/mol. The van der Waals surface area contributed by atoms with Crippen LogP contribution in [0, 0.1) is 6.92 Å². The summed E-state index contributed by atoms with van der Waals surface area (Å²) >= 11 is 0. The summed E-state index contributed by atoms with van der Waals surface area (Å²) in [5.41, 5.74) is 2.54. The molecular weight excluding hydrogens is 184 g/mol. The van der Waals surface area contributed by atoms with Crippen molar-refractivity contribution in [1.82, 2.24) is 4.90 Å². The van der Waals surface area contributed by atoms with Gasteiger partial charge in [-0.25, -0.2) is 0 Å². The summed E-state index contributed by atoms with van der Waals surface area (Å²) < 4.78 is 0. The van der Waals surface area contributed by atoms with E-state index in [0.717, 1.165) is 18.9 Å². The number of aliphatic imine (C=N–C) groups is 1. The summed E-state index contributed by atoms with van der Waals surface area (Å²) in [6, 6.07) is 8.62. The summed E-state index contributed by atoms with van der Waals surface area (Å²) in [5, 5.41) is 0. The summed E-state index contributed by atoms with van der Waals surface area (Å²) in [7, 11) is 2.13. The molecule has 0 bridgehead atoms. The van der Waals surface area contributed by atoms with Gasteiger partial charge in [0.2, 0.25) is 0 Å². The van der Waals surface area contributed by atoms with Crippen molar-refractivity contribution in [2.45, 2.75) is 19.8 Å². The van der Waals surface area contributed by atoms with Crippen molar-refractivity contribution in [2.24, 2.45) is 4.99 Å². The highest BCUT2D eigenvalue weighted by Gasteiger charge is 2.11. The highest BCUT2D eigenvalue weighted by atomic mass is 15.2. The van der Waals surface area contributed by atoms with Crippen LogP contribution in [0.4, 0.5) is 0 Å². The number of rotatable bonds is 1. The molecule has 0 aliphatic carbocycles. The normalized spacial score (nSPS) is 17.2. The molecule has 1 aromatic rings. The molecular formula is C13H18N2. The van der Waals surface area contributed by atoms with E-state index in [1.54, 1.807) is 0 Å². The van der Waals surface area contributed by atoms with Gasteiger partial charge in [0, 0.05) is 25.7 Å². The molecule has 2 nitrogen and oxygen atoms in total. The Hall–Kier alpha value is -1.31. The third-order valence-electron chi connectivity index (χ3n) is 2.83. The first-order chi connectivity index (χ1) is 7.27. The number of benzene rings is 1. The first-order valence-corrected chi connectivity index (χ1v) is 5.60. The highest BCUT2D eigenvalue weighted by Crippen LogP contribution is 2.11. The fourth-order valence-electron chi connectivity index (χ4n) is 1.89. The van der Waals surface area contributed by atoms with E-state index in [0.29, 0.717) is 0 Å². The van der Waals surface area contributed by atoms with Crippen LogP contribution in [0.5, 0.6) is 0 Å². The molecule has 0 atom stereocenters. The lowest BCUT2D eigenvalue weighted by Gasteiger charge is -2.19. The maximum Gasteiger partial charge on any atom is 0.130 e. The third kappa shape index (κ3) is 2.38. The molecule has 0 radical (unpaired) electrons. The Morgan fingerprint density at radius 2 is 1.87 bits per heavy atom. The summed E-state index contributed by atoms with van der Waals surface area (Å²) in [6.45, 7) is 4.20. The zero-order chi connectivity index (χ0) is 10.7. The molecule has 2 heteroatoms. The van der Waals surface area contributed by atoms with E-state index in [2.05, 4.69) is 48.1 Å². The fraction of sp³-hybridized carbons (Fsp3) is 0.462. The van der Waals surface area contributed by atoms with Gasteiger partial charge < -0.3 is 4.90 Å². The van der Waals surface area contributed by atoms with Gasteiger partial charge in [-0.1, -0.05) is 29.8 Å². The molecule has 1 heterocycles. The lowest BCUT2D eigenvalue weighted by molar-refractivity contribution is 0.497. The summed E-state index contributed by atoms with van der Waals surface area (Å²) in [6.07, 6.45) is 2.45. The lowest BCUT2D eigenvalue weighted by Crippen LogP contribution is -2.27. The van der Waals surface area contributed by atoms with Gasteiger partial charge in [0.25, 0.3) is 0 Å². The van der Waals surface area contributed by atoms with Gasteiger partial charge in [-0.3, -0.25) is 4.99 Å². The van der Waals surface area contributed by atoms with Crippen molar-refractivity contribution in [3.05, 3.63) is 35.4 Å². The number of hydrogen-bond acceptors (Lipinski definition) is 2. The Balaban J connectivity index is 2.27. The van der Waals surface area contributed by atoms with Crippen LogP contribution in [0.3, 0.4) is 0 Å². The molecule has 80 valence electrons. The van der Waals surface area contributed by atoms with Gasteiger partial charge in [-0.2, -0.15) is 0 Å². The second-order valence-electron chi connectivity index (χ2n) is 4.20. The van der Waals surface area contributed by atoms with Gasteiger partial charge in [0.05, 0.1) is 0 Å². The SMILES string of the molecule is Cc1ccc(C2=NCCCCN2C)cc1. The Kier molecular flexibility index (Phi) is 3.05. The van der Waals surface area contributed by atoms with Crippen LogP contribution in [0.2, 0.25) is 0 Å². The van der Waals surface area contributed by atoms with E-state index in [9.17, 15) is 0 Å². The minimum absolute atomic E-state index is 0.966. The molecule has 0 saturated heterocycles. The van der Waals surface area contributed by atoms with Crippen LogP contribution in [0.15, 0.2) is 29.3 Å². The monoisotopic (exact) mass is 202 g/mol. The van der Waals surface area contributed by atoms with Crippen LogP contribution in [0.1, 0.15) is 24.0 Å². The molecule has 0 unspecified atom stereocenters. The molecule has 0 spiro atoms. The second-order valence-corrected chi connectivity index (χ2v) is 4.20. The smallest absolute Gasteiger partial charge is 0.130 e. The maximum atomic E-state index is 4.65. The van der Waals surface area contributed by atoms with Crippen molar-refractivity contribution >= 4 is 5.84 Å². The van der Waals surface area contributed by atoms with Gasteiger partial charge >= 0.3 is 0 Å². The maximum absolute atomic E-state index is 4.65. The topological polar surface area (TPSA) is 15.6 Å². The van der Waals surface area contributed by atoms with Crippen molar-refractivity contribution in [3.63, 3.8) is 0 Å². The van der Waals surface area contributed by atoms with E-state index < -0.39 is 0 Å². The zero-order valence-electron chi connectivity index (χ0n) is 9.53. The van der Waals surface area contributed by atoms with Gasteiger partial charge in [-0.05, 0) is 19.8 Å². The van der Waals surface area contributed by atoms with Crippen LogP contribution in [-0.2, 0) is 0 Å². The highest BCUT2D eigenvalue weighted by molar-refractivity contribution is 5.98. The van der Waals surface area contributed by atoms with E-state index in [1.165, 1.54) is 24.0 Å². The quantitative estimate of drug-likeness (QED) is 0.683. The molecule has 1 aliphatic rings. The van der Waals surface area contributed by atoms with Crippen molar-refractivity contribution in [1.29, 1.82) is 0 Å². The van der Waals surface area contributed by atoms with Crippen LogP contribution in [0.25, 0.3) is 0 Å². The number of nitrogens with zero attached hydrogens (tertiary/aromatic N) is 2. The number of hydrogen-bond donors (Lipinski definition) is 0. The summed E-state index contributed by atoms with van der Waals surface area (Å²) in [4.78, 5) is 6.91. The molecule has 1 aromatic carbocycles. The van der Waals surface area contributed by atoms with Crippen LogP contribution >= 0.6 is 0 Å². The minimum Gasteiger partial charge on any atom is -0.359 e. The van der Waals surface area contributed by atoms with Crippen LogP contribution < -0.4 is 0 Å². The Labute approximate surface area is 91.6 Å². The van der Waals surface area contributed by atoms with E-state index >= 15 is 0 Å². The van der Waals surface area contributed by atoms with E-state index in [1.807, 2.05) is 0 Å². The predicted octanol–water partition coefficient (Wildman–Crippen LogP) is 2.47. The lowest BCUT2D eigenvalue weighted by atomic mass is 10.1. The van der Waals surface area contributed by atoms with Crippen molar-refractivity contribution < 1.29 is 0 Å². The Bertz CT molecular complexity index is 351. The first kappa shape index (κ1) is 10.2. The van der Waals surface area contributed by atoms with Crippen molar-refractivity contribution in [2.75, 3.05) is 20.1 Å². The fourth-order valence-corrected chi connectivity index (χ4v) is 1.89. The van der Waals surface area contributed by atoms with Gasteiger partial charge in [0.1, 0.15) is 5.84 Å². The van der Waals surface area contributed by atoms with E-state index in [4.69, 9.17) is 0 Å². The average Bonchev–Trinajstić information content (AvgIpc) is 2.44. The number of amidine groups is 1. The van der Waals surface area contributed by atoms with E-state index in [-0.39, 0.29) is 0 Å². The largest absolute Gasteiger partial charge is 0.359 e. The molecule has 1 aliphatic heterocycles. The first-order valence-electron chi connectivity index (χ1n) is 5.60. The molecule has 0 N–H and O–H groups in total. The molecule has 0 saturated carbocycles. The molecule has 2 rings (SSSR count). The standard InChI is InChI=1S/C13H18N2/c1-11-5-7-12(8-6-11)13-14-9-3-4-10-15(13)2/h5-8H,3-4,9-10H2,1-2H3. The molecule has 0 aromatic heterocycles. The van der Waals surface area contributed by atoms with Crippen molar-refractivity contribution in [3.8, 4) is 0 Å². The molecule has 0 fully saturated rings. The third-order valence-corrected chi connectivity index (χ3v) is 2.83. The van der Waals surface area contributed by atoms with Gasteiger partial charge in [-0.15, -0.1) is 0 Å². The Morgan fingerprint density at radius 1 is 1.13 bits per heavy atom. The predicted molar refractivity (Wildman–Crippen MR) is 64.4 cm³/mol. The molecule has 0 amide bonds.